The highest BCUT2D eigenvalue weighted by molar-refractivity contribution is 5.87. The Kier molecular flexibility index (Phi) is 3.69. The molecule has 1 radical (unpaired) electrons. The van der Waals surface area contributed by atoms with Gasteiger partial charge >= 0.3 is 0 Å². The predicted octanol–water partition coefficient (Wildman–Crippen LogP) is 5.40. The average molecular weight is 261 g/mol. The Balaban J connectivity index is 2.03. The van der Waals surface area contributed by atoms with Gasteiger partial charge in [-0.2, -0.15) is 0 Å². The summed E-state index contributed by atoms with van der Waals surface area (Å²) in [7, 11) is 0. The zero-order chi connectivity index (χ0) is 13.8. The van der Waals surface area contributed by atoms with Gasteiger partial charge in [0.15, 0.2) is 0 Å². The first-order valence-corrected chi connectivity index (χ1v) is 6.90. The largest absolute Gasteiger partial charge is 0.457 e. The summed E-state index contributed by atoms with van der Waals surface area (Å²) in [5, 5.41) is 2.50. The maximum absolute atomic E-state index is 5.95. The molecule has 0 bridgehead atoms. The molecule has 0 heterocycles. The lowest BCUT2D eigenvalue weighted by Gasteiger charge is -2.11. The van der Waals surface area contributed by atoms with Crippen molar-refractivity contribution in [2.45, 2.75) is 12.8 Å². The van der Waals surface area contributed by atoms with Gasteiger partial charge in [0.05, 0.1) is 0 Å². The van der Waals surface area contributed by atoms with Crippen molar-refractivity contribution >= 4 is 10.8 Å². The van der Waals surface area contributed by atoms with E-state index in [0.29, 0.717) is 0 Å². The van der Waals surface area contributed by atoms with Crippen molar-refractivity contribution in [1.29, 1.82) is 0 Å². The highest BCUT2D eigenvalue weighted by Gasteiger charge is 2.05. The molecule has 99 valence electrons. The molecule has 0 aliphatic carbocycles. The summed E-state index contributed by atoms with van der Waals surface area (Å²) in [6, 6.07) is 22.5. The van der Waals surface area contributed by atoms with E-state index in [-0.39, 0.29) is 0 Å². The number of benzene rings is 3. The minimum atomic E-state index is 0.864. The van der Waals surface area contributed by atoms with Crippen LogP contribution in [-0.2, 0) is 6.42 Å². The summed E-state index contributed by atoms with van der Waals surface area (Å²) >= 11 is 0. The molecule has 0 aromatic heterocycles. The standard InChI is InChI=1S/C19H17O/c1-2-8-15-13-18(20-17-10-4-3-5-11-17)14-16-9-6-7-12-19(15)16/h3-7,9-14H,1-2,8H2. The molecule has 0 atom stereocenters. The number of rotatable bonds is 4. The quantitative estimate of drug-likeness (QED) is 0.611. The molecule has 1 nitrogen and oxygen atoms in total. The third-order valence-corrected chi connectivity index (χ3v) is 3.35. The molecule has 1 heteroatoms. The van der Waals surface area contributed by atoms with Crippen LogP contribution >= 0.6 is 0 Å². The van der Waals surface area contributed by atoms with Gasteiger partial charge in [0.2, 0.25) is 0 Å². The average Bonchev–Trinajstić information content (AvgIpc) is 2.49. The summed E-state index contributed by atoms with van der Waals surface area (Å²) in [6.45, 7) is 3.96. The van der Waals surface area contributed by atoms with E-state index in [0.717, 1.165) is 24.3 Å². The van der Waals surface area contributed by atoms with Crippen LogP contribution in [0, 0.1) is 6.92 Å². The summed E-state index contributed by atoms with van der Waals surface area (Å²) in [6.07, 6.45) is 1.85. The van der Waals surface area contributed by atoms with Crippen LogP contribution in [-0.4, -0.2) is 0 Å². The minimum absolute atomic E-state index is 0.864. The van der Waals surface area contributed by atoms with Crippen LogP contribution in [0.4, 0.5) is 0 Å². The molecule has 0 N–H and O–H groups in total. The highest BCUT2D eigenvalue weighted by atomic mass is 16.5. The van der Waals surface area contributed by atoms with E-state index < -0.39 is 0 Å². The number of aryl methyl sites for hydroxylation is 1. The normalized spacial score (nSPS) is 10.7. The van der Waals surface area contributed by atoms with Crippen LogP contribution in [0.1, 0.15) is 12.0 Å². The first-order valence-electron chi connectivity index (χ1n) is 6.90. The molecule has 0 fully saturated rings. The van der Waals surface area contributed by atoms with Gasteiger partial charge in [-0.25, -0.2) is 0 Å². The number of hydrogen-bond acceptors (Lipinski definition) is 1. The lowest BCUT2D eigenvalue weighted by molar-refractivity contribution is 0.483. The zero-order valence-corrected chi connectivity index (χ0v) is 11.4. The number of ether oxygens (including phenoxy) is 1. The molecule has 0 amide bonds. The third kappa shape index (κ3) is 2.67. The molecule has 0 aliphatic rings. The fraction of sp³-hybridized carbons (Fsp3) is 0.105. The smallest absolute Gasteiger partial charge is 0.128 e. The SMILES string of the molecule is [CH2]CCc1cc(Oc2ccccc2)cc2ccccc12. The van der Waals surface area contributed by atoms with Crippen LogP contribution < -0.4 is 4.74 Å². The van der Waals surface area contributed by atoms with Crippen molar-refractivity contribution in [3.63, 3.8) is 0 Å². The van der Waals surface area contributed by atoms with E-state index >= 15 is 0 Å². The van der Waals surface area contributed by atoms with Crippen molar-refractivity contribution in [1.82, 2.24) is 0 Å². The Morgan fingerprint density at radius 3 is 2.35 bits per heavy atom. The second-order valence-corrected chi connectivity index (χ2v) is 4.82. The van der Waals surface area contributed by atoms with Crippen molar-refractivity contribution in [3.8, 4) is 11.5 Å². The Labute approximate surface area is 119 Å². The fourth-order valence-electron chi connectivity index (χ4n) is 2.44. The monoisotopic (exact) mass is 261 g/mol. The molecule has 3 aromatic rings. The Morgan fingerprint density at radius 2 is 1.55 bits per heavy atom. The first-order chi connectivity index (χ1) is 9.86. The summed E-state index contributed by atoms with van der Waals surface area (Å²) in [5.41, 5.74) is 1.30. The van der Waals surface area contributed by atoms with E-state index in [1.54, 1.807) is 0 Å². The van der Waals surface area contributed by atoms with E-state index in [2.05, 4.69) is 43.3 Å². The van der Waals surface area contributed by atoms with Crippen molar-refractivity contribution in [3.05, 3.63) is 79.2 Å². The van der Waals surface area contributed by atoms with E-state index in [4.69, 9.17) is 4.74 Å². The molecular formula is C19H17O. The van der Waals surface area contributed by atoms with Gasteiger partial charge in [0.1, 0.15) is 11.5 Å². The second kappa shape index (κ2) is 5.79. The van der Waals surface area contributed by atoms with Gasteiger partial charge < -0.3 is 4.74 Å². The van der Waals surface area contributed by atoms with Crippen molar-refractivity contribution < 1.29 is 4.74 Å². The van der Waals surface area contributed by atoms with Crippen LogP contribution in [0.5, 0.6) is 11.5 Å². The van der Waals surface area contributed by atoms with Crippen LogP contribution in [0.25, 0.3) is 10.8 Å². The summed E-state index contributed by atoms with van der Waals surface area (Å²) < 4.78 is 5.95. The van der Waals surface area contributed by atoms with Crippen molar-refractivity contribution in [2.24, 2.45) is 0 Å². The van der Waals surface area contributed by atoms with Gasteiger partial charge in [-0.15, -0.1) is 0 Å². The minimum Gasteiger partial charge on any atom is -0.457 e. The summed E-state index contributed by atoms with van der Waals surface area (Å²) in [5.74, 6) is 1.75. The maximum Gasteiger partial charge on any atom is 0.128 e. The lowest BCUT2D eigenvalue weighted by atomic mass is 10.0. The molecule has 0 spiro atoms. The fourth-order valence-corrected chi connectivity index (χ4v) is 2.44. The molecule has 0 unspecified atom stereocenters. The molecular weight excluding hydrogens is 244 g/mol. The molecule has 20 heavy (non-hydrogen) atoms. The molecule has 3 rings (SSSR count). The predicted molar refractivity (Wildman–Crippen MR) is 84.1 cm³/mol. The van der Waals surface area contributed by atoms with Gasteiger partial charge in [-0.1, -0.05) is 49.4 Å². The Hall–Kier alpha value is -2.28. The van der Waals surface area contributed by atoms with Crippen molar-refractivity contribution in [2.75, 3.05) is 0 Å². The van der Waals surface area contributed by atoms with E-state index in [1.165, 1.54) is 16.3 Å². The lowest BCUT2D eigenvalue weighted by Crippen LogP contribution is -1.90. The number of fused-ring (bicyclic) bond motifs is 1. The topological polar surface area (TPSA) is 9.23 Å². The maximum atomic E-state index is 5.95. The van der Waals surface area contributed by atoms with Gasteiger partial charge in [0.25, 0.3) is 0 Å². The second-order valence-electron chi connectivity index (χ2n) is 4.82. The van der Waals surface area contributed by atoms with Crippen LogP contribution in [0.15, 0.2) is 66.7 Å². The van der Waals surface area contributed by atoms with E-state index in [9.17, 15) is 0 Å². The molecule has 3 aromatic carbocycles. The Morgan fingerprint density at radius 1 is 0.800 bits per heavy atom. The first kappa shape index (κ1) is 12.7. The van der Waals surface area contributed by atoms with E-state index in [1.807, 2.05) is 30.3 Å². The van der Waals surface area contributed by atoms with Crippen LogP contribution in [0.3, 0.4) is 0 Å². The molecule has 0 saturated heterocycles. The highest BCUT2D eigenvalue weighted by Crippen LogP contribution is 2.29. The van der Waals surface area contributed by atoms with Crippen LogP contribution in [0.2, 0.25) is 0 Å². The Bertz CT molecular complexity index is 701. The van der Waals surface area contributed by atoms with Gasteiger partial charge in [0, 0.05) is 0 Å². The number of hydrogen-bond donors (Lipinski definition) is 0. The van der Waals surface area contributed by atoms with Gasteiger partial charge in [-0.05, 0) is 53.4 Å². The molecule has 0 aliphatic heterocycles. The third-order valence-electron chi connectivity index (χ3n) is 3.35. The zero-order valence-electron chi connectivity index (χ0n) is 11.4. The number of para-hydroxylation sites is 1. The molecule has 0 saturated carbocycles. The summed E-state index contributed by atoms with van der Waals surface area (Å²) in [4.78, 5) is 0. The van der Waals surface area contributed by atoms with Gasteiger partial charge in [-0.3, -0.25) is 0 Å².